The van der Waals surface area contributed by atoms with Crippen molar-refractivity contribution in [1.82, 2.24) is 0 Å². The summed E-state index contributed by atoms with van der Waals surface area (Å²) in [6, 6.07) is 0. The van der Waals surface area contributed by atoms with E-state index in [4.69, 9.17) is 9.94 Å². The molecule has 0 aliphatic rings. The Morgan fingerprint density at radius 2 is 1.78 bits per heavy atom. The van der Waals surface area contributed by atoms with Crippen LogP contribution in [0, 0.1) is 0 Å². The Labute approximate surface area is 105 Å². The van der Waals surface area contributed by atoms with Gasteiger partial charge in [0.2, 0.25) is 11.5 Å². The Kier molecular flexibility index (Phi) is 5.43. The second-order valence-electron chi connectivity index (χ2n) is 4.34. The van der Waals surface area contributed by atoms with Crippen LogP contribution in [0.1, 0.15) is 20.8 Å². The van der Waals surface area contributed by atoms with Crippen LogP contribution >= 0.6 is 0 Å². The summed E-state index contributed by atoms with van der Waals surface area (Å²) >= 11 is 0. The second kappa shape index (κ2) is 5.91. The third-order valence-corrected chi connectivity index (χ3v) is 1.91. The van der Waals surface area contributed by atoms with Crippen LogP contribution in [0.4, 0.5) is 0 Å². The molecule has 9 heteroatoms. The van der Waals surface area contributed by atoms with Gasteiger partial charge in [0.05, 0.1) is 6.26 Å². The van der Waals surface area contributed by atoms with E-state index in [1.165, 1.54) is 0 Å². The molecule has 0 saturated carbocycles. The predicted octanol–water partition coefficient (Wildman–Crippen LogP) is -0.296. The number of nitrogens with zero attached hydrogens (tertiary/aromatic N) is 1. The Morgan fingerprint density at radius 1 is 1.28 bits per heavy atom. The van der Waals surface area contributed by atoms with Gasteiger partial charge in [0.1, 0.15) is 12.2 Å². The molecule has 0 aromatic rings. The SMILES string of the molecule is CC(C)(C)OC(=O)/C(=N\O)C(=O)COS(C)(=O)=O. The largest absolute Gasteiger partial charge is 0.455 e. The normalized spacial score (nSPS) is 13.2. The summed E-state index contributed by atoms with van der Waals surface area (Å²) in [5.41, 5.74) is -1.81. The molecule has 0 aliphatic carbocycles. The van der Waals surface area contributed by atoms with E-state index >= 15 is 0 Å². The summed E-state index contributed by atoms with van der Waals surface area (Å²) in [7, 11) is -3.83. The number of hydrogen-bond acceptors (Lipinski definition) is 8. The first-order valence-electron chi connectivity index (χ1n) is 4.79. The summed E-state index contributed by atoms with van der Waals surface area (Å²) in [6.07, 6.45) is 0.740. The predicted molar refractivity (Wildman–Crippen MR) is 60.9 cm³/mol. The minimum absolute atomic E-state index is 0.740. The van der Waals surface area contributed by atoms with Crippen molar-refractivity contribution in [2.24, 2.45) is 5.16 Å². The first-order chi connectivity index (χ1) is 7.96. The van der Waals surface area contributed by atoms with Gasteiger partial charge in [-0.1, -0.05) is 5.16 Å². The van der Waals surface area contributed by atoms with Crippen LogP contribution in [0.3, 0.4) is 0 Å². The molecule has 0 saturated heterocycles. The van der Waals surface area contributed by atoms with Gasteiger partial charge in [0.25, 0.3) is 10.1 Å². The van der Waals surface area contributed by atoms with Gasteiger partial charge in [-0.15, -0.1) is 0 Å². The number of Topliss-reactive ketones (excluding diaryl/α,β-unsaturated/α-hetero) is 1. The van der Waals surface area contributed by atoms with E-state index in [2.05, 4.69) is 9.34 Å². The summed E-state index contributed by atoms with van der Waals surface area (Å²) in [4.78, 5) is 22.8. The lowest BCUT2D eigenvalue weighted by atomic mass is 10.2. The fourth-order valence-electron chi connectivity index (χ4n) is 0.766. The molecule has 18 heavy (non-hydrogen) atoms. The lowest BCUT2D eigenvalue weighted by Gasteiger charge is -2.19. The molecule has 0 aromatic carbocycles. The molecule has 0 heterocycles. The average molecular weight is 281 g/mol. The first kappa shape index (κ1) is 16.5. The van der Waals surface area contributed by atoms with Crippen LogP contribution in [-0.2, 0) is 28.6 Å². The van der Waals surface area contributed by atoms with Crippen LogP contribution in [-0.4, -0.2) is 49.6 Å². The third-order valence-electron chi connectivity index (χ3n) is 1.36. The molecule has 0 unspecified atom stereocenters. The summed E-state index contributed by atoms with van der Waals surface area (Å²) in [6.45, 7) is 3.73. The highest BCUT2D eigenvalue weighted by atomic mass is 32.2. The molecule has 0 radical (unpaired) electrons. The minimum atomic E-state index is -3.83. The first-order valence-corrected chi connectivity index (χ1v) is 6.61. The van der Waals surface area contributed by atoms with E-state index in [1.54, 1.807) is 20.8 Å². The van der Waals surface area contributed by atoms with E-state index in [-0.39, 0.29) is 0 Å². The maximum atomic E-state index is 11.4. The zero-order valence-corrected chi connectivity index (χ0v) is 11.3. The van der Waals surface area contributed by atoms with Gasteiger partial charge in [-0.2, -0.15) is 8.42 Å². The highest BCUT2D eigenvalue weighted by Crippen LogP contribution is 2.08. The van der Waals surface area contributed by atoms with Crippen molar-refractivity contribution in [1.29, 1.82) is 0 Å². The number of carbonyl (C=O) groups is 2. The molecule has 0 spiro atoms. The van der Waals surface area contributed by atoms with E-state index < -0.39 is 39.8 Å². The standard InChI is InChI=1S/C9H15NO7S/c1-9(2,3)17-8(12)7(10-13)6(11)5-16-18(4,14)15/h13H,5H2,1-4H3/b10-7-. The molecule has 0 amide bonds. The minimum Gasteiger partial charge on any atom is -0.455 e. The number of esters is 1. The quantitative estimate of drug-likeness (QED) is 0.183. The van der Waals surface area contributed by atoms with Gasteiger partial charge in [0, 0.05) is 0 Å². The van der Waals surface area contributed by atoms with Crippen LogP contribution in [0.5, 0.6) is 0 Å². The van der Waals surface area contributed by atoms with Crippen molar-refractivity contribution in [3.8, 4) is 0 Å². The molecule has 0 bridgehead atoms. The van der Waals surface area contributed by atoms with Gasteiger partial charge >= 0.3 is 5.97 Å². The van der Waals surface area contributed by atoms with E-state index in [0.29, 0.717) is 0 Å². The topological polar surface area (TPSA) is 119 Å². The highest BCUT2D eigenvalue weighted by Gasteiger charge is 2.28. The average Bonchev–Trinajstić information content (AvgIpc) is 2.11. The Balaban J connectivity index is 4.71. The Bertz CT molecular complexity index is 458. The summed E-state index contributed by atoms with van der Waals surface area (Å²) < 4.78 is 30.3. The molecule has 0 aliphatic heterocycles. The van der Waals surface area contributed by atoms with Crippen LogP contribution < -0.4 is 0 Å². The molecule has 104 valence electrons. The smallest absolute Gasteiger partial charge is 0.364 e. The third kappa shape index (κ3) is 6.97. The number of oxime groups is 1. The molecular formula is C9H15NO7S. The molecule has 1 N–H and O–H groups in total. The summed E-state index contributed by atoms with van der Waals surface area (Å²) in [5, 5.41) is 11.0. The van der Waals surface area contributed by atoms with Gasteiger partial charge in [-0.25, -0.2) is 4.79 Å². The van der Waals surface area contributed by atoms with Crippen molar-refractivity contribution in [3.05, 3.63) is 0 Å². The number of carbonyl (C=O) groups excluding carboxylic acids is 2. The van der Waals surface area contributed by atoms with Crippen molar-refractivity contribution in [3.63, 3.8) is 0 Å². The highest BCUT2D eigenvalue weighted by molar-refractivity contribution is 7.86. The second-order valence-corrected chi connectivity index (χ2v) is 5.98. The Hall–Kier alpha value is -1.48. The lowest BCUT2D eigenvalue weighted by molar-refractivity contribution is -0.146. The van der Waals surface area contributed by atoms with E-state index in [1.807, 2.05) is 0 Å². The monoisotopic (exact) mass is 281 g/mol. The molecular weight excluding hydrogens is 266 g/mol. The summed E-state index contributed by atoms with van der Waals surface area (Å²) in [5.74, 6) is -2.26. The van der Waals surface area contributed by atoms with Gasteiger partial charge in [0.15, 0.2) is 0 Å². The fourth-order valence-corrected chi connectivity index (χ4v) is 1.09. The maximum absolute atomic E-state index is 11.4. The van der Waals surface area contributed by atoms with Gasteiger partial charge < -0.3 is 9.94 Å². The molecule has 0 fully saturated rings. The van der Waals surface area contributed by atoms with Crippen molar-refractivity contribution in [2.45, 2.75) is 26.4 Å². The van der Waals surface area contributed by atoms with Crippen molar-refractivity contribution >= 4 is 27.6 Å². The van der Waals surface area contributed by atoms with E-state index in [9.17, 15) is 18.0 Å². The zero-order chi connectivity index (χ0) is 14.6. The number of hydrogen-bond donors (Lipinski definition) is 1. The number of ether oxygens (including phenoxy) is 1. The van der Waals surface area contributed by atoms with Crippen molar-refractivity contribution < 1.29 is 32.1 Å². The van der Waals surface area contributed by atoms with Crippen LogP contribution in [0.25, 0.3) is 0 Å². The van der Waals surface area contributed by atoms with Crippen molar-refractivity contribution in [2.75, 3.05) is 12.9 Å². The zero-order valence-electron chi connectivity index (χ0n) is 10.5. The number of rotatable bonds is 5. The van der Waals surface area contributed by atoms with Crippen LogP contribution in [0.2, 0.25) is 0 Å². The molecule has 0 atom stereocenters. The molecule has 0 rings (SSSR count). The number of ketones is 1. The molecule has 0 aromatic heterocycles. The molecule has 8 nitrogen and oxygen atoms in total. The fraction of sp³-hybridized carbons (Fsp3) is 0.667. The van der Waals surface area contributed by atoms with Crippen LogP contribution in [0.15, 0.2) is 5.16 Å². The van der Waals surface area contributed by atoms with Gasteiger partial charge in [-0.3, -0.25) is 8.98 Å². The van der Waals surface area contributed by atoms with E-state index in [0.717, 1.165) is 6.26 Å². The lowest BCUT2D eigenvalue weighted by Crippen LogP contribution is -2.35. The Morgan fingerprint density at radius 3 is 2.11 bits per heavy atom. The van der Waals surface area contributed by atoms with Gasteiger partial charge in [-0.05, 0) is 20.8 Å². The maximum Gasteiger partial charge on any atom is 0.364 e.